The highest BCUT2D eigenvalue weighted by Crippen LogP contribution is 2.41. The zero-order chi connectivity index (χ0) is 13.9. The standard InChI is InChI=1S/C14H27N3O2/c1-11(9-13(15)16-18)17(2)12-5-8-19-14(10-12)6-3-4-7-14/h11-12,18H,3-10H2,1-2H3,(H2,15,16). The highest BCUT2D eigenvalue weighted by molar-refractivity contribution is 5.80. The molecule has 1 saturated heterocycles. The average molecular weight is 269 g/mol. The molecule has 0 aromatic heterocycles. The third-order valence-corrected chi connectivity index (χ3v) is 4.89. The van der Waals surface area contributed by atoms with Crippen LogP contribution in [0.25, 0.3) is 0 Å². The number of nitrogens with zero attached hydrogens (tertiary/aromatic N) is 2. The van der Waals surface area contributed by atoms with E-state index in [1.807, 2.05) is 0 Å². The molecule has 1 saturated carbocycles. The number of nitrogens with two attached hydrogens (primary N) is 1. The first kappa shape index (κ1) is 14.6. The molecule has 1 aliphatic carbocycles. The Morgan fingerprint density at radius 3 is 2.84 bits per heavy atom. The topological polar surface area (TPSA) is 71.1 Å². The van der Waals surface area contributed by atoms with Gasteiger partial charge < -0.3 is 20.6 Å². The molecule has 1 aliphatic heterocycles. The van der Waals surface area contributed by atoms with Crippen molar-refractivity contribution in [3.05, 3.63) is 0 Å². The Morgan fingerprint density at radius 2 is 2.21 bits per heavy atom. The fourth-order valence-electron chi connectivity index (χ4n) is 3.56. The lowest BCUT2D eigenvalue weighted by Gasteiger charge is -2.43. The van der Waals surface area contributed by atoms with Gasteiger partial charge in [-0.1, -0.05) is 18.0 Å². The van der Waals surface area contributed by atoms with E-state index in [1.54, 1.807) is 0 Å². The van der Waals surface area contributed by atoms with E-state index >= 15 is 0 Å². The van der Waals surface area contributed by atoms with Crippen molar-refractivity contribution >= 4 is 5.84 Å². The molecule has 2 unspecified atom stereocenters. The van der Waals surface area contributed by atoms with Gasteiger partial charge in [-0.05, 0) is 39.7 Å². The van der Waals surface area contributed by atoms with Crippen LogP contribution in [0.4, 0.5) is 0 Å². The summed E-state index contributed by atoms with van der Waals surface area (Å²) >= 11 is 0. The minimum atomic E-state index is 0.146. The largest absolute Gasteiger partial charge is 0.409 e. The van der Waals surface area contributed by atoms with Crippen LogP contribution in [0.5, 0.6) is 0 Å². The number of oxime groups is 1. The van der Waals surface area contributed by atoms with Crippen LogP contribution in [-0.2, 0) is 4.74 Å². The van der Waals surface area contributed by atoms with Crippen molar-refractivity contribution in [3.63, 3.8) is 0 Å². The van der Waals surface area contributed by atoms with E-state index < -0.39 is 0 Å². The molecule has 2 aliphatic rings. The molecule has 0 aromatic carbocycles. The Hall–Kier alpha value is -0.810. The monoisotopic (exact) mass is 269 g/mol. The molecule has 0 amide bonds. The van der Waals surface area contributed by atoms with Gasteiger partial charge in [0.2, 0.25) is 0 Å². The van der Waals surface area contributed by atoms with Crippen molar-refractivity contribution in [1.82, 2.24) is 4.90 Å². The zero-order valence-corrected chi connectivity index (χ0v) is 12.1. The normalized spacial score (nSPS) is 29.0. The molecule has 1 spiro atoms. The maximum absolute atomic E-state index is 8.67. The molecule has 5 nitrogen and oxygen atoms in total. The van der Waals surface area contributed by atoms with Crippen molar-refractivity contribution in [3.8, 4) is 0 Å². The first-order valence-electron chi connectivity index (χ1n) is 7.39. The van der Waals surface area contributed by atoms with Crippen molar-refractivity contribution in [2.45, 2.75) is 69.6 Å². The molecular weight excluding hydrogens is 242 g/mol. The van der Waals surface area contributed by atoms with Crippen molar-refractivity contribution in [2.75, 3.05) is 13.7 Å². The second-order valence-corrected chi connectivity index (χ2v) is 6.20. The lowest BCUT2D eigenvalue weighted by atomic mass is 9.87. The van der Waals surface area contributed by atoms with E-state index in [4.69, 9.17) is 15.7 Å². The van der Waals surface area contributed by atoms with Gasteiger partial charge >= 0.3 is 0 Å². The van der Waals surface area contributed by atoms with E-state index in [2.05, 4.69) is 24.0 Å². The average Bonchev–Trinajstić information content (AvgIpc) is 2.85. The number of hydrogen-bond acceptors (Lipinski definition) is 4. The lowest BCUT2D eigenvalue weighted by molar-refractivity contribution is -0.102. The van der Waals surface area contributed by atoms with Crippen LogP contribution in [0.2, 0.25) is 0 Å². The predicted molar refractivity (Wildman–Crippen MR) is 75.4 cm³/mol. The number of rotatable bonds is 4. The summed E-state index contributed by atoms with van der Waals surface area (Å²) in [6.07, 6.45) is 7.85. The number of amidine groups is 1. The van der Waals surface area contributed by atoms with Gasteiger partial charge in [-0.15, -0.1) is 0 Å². The highest BCUT2D eigenvalue weighted by Gasteiger charge is 2.41. The first-order chi connectivity index (χ1) is 9.06. The summed E-state index contributed by atoms with van der Waals surface area (Å²) in [6, 6.07) is 0.839. The van der Waals surface area contributed by atoms with Gasteiger partial charge in [0.05, 0.1) is 5.60 Å². The Kier molecular flexibility index (Phi) is 4.68. The molecule has 110 valence electrons. The van der Waals surface area contributed by atoms with Crippen LogP contribution in [0, 0.1) is 0 Å². The lowest BCUT2D eigenvalue weighted by Crippen LogP contribution is -2.49. The first-order valence-corrected chi connectivity index (χ1v) is 7.39. The van der Waals surface area contributed by atoms with Gasteiger partial charge in [0.15, 0.2) is 0 Å². The van der Waals surface area contributed by atoms with Gasteiger partial charge in [0, 0.05) is 25.1 Å². The third-order valence-electron chi connectivity index (χ3n) is 4.89. The Bertz CT molecular complexity index is 327. The van der Waals surface area contributed by atoms with Gasteiger partial charge in [-0.25, -0.2) is 0 Å². The fourth-order valence-corrected chi connectivity index (χ4v) is 3.56. The summed E-state index contributed by atoms with van der Waals surface area (Å²) in [5.41, 5.74) is 5.75. The Labute approximate surface area is 115 Å². The molecule has 5 heteroatoms. The third kappa shape index (κ3) is 3.39. The van der Waals surface area contributed by atoms with E-state index in [-0.39, 0.29) is 11.6 Å². The molecule has 2 atom stereocenters. The summed E-state index contributed by atoms with van der Waals surface area (Å²) in [5, 5.41) is 11.7. The SMILES string of the molecule is CC(CC(N)=NO)N(C)C1CCOC2(CCCC2)C1. The molecule has 0 radical (unpaired) electrons. The molecule has 2 rings (SSSR count). The Morgan fingerprint density at radius 1 is 1.53 bits per heavy atom. The summed E-state index contributed by atoms with van der Waals surface area (Å²) in [5.74, 6) is 0.307. The van der Waals surface area contributed by atoms with E-state index in [0.717, 1.165) is 19.4 Å². The molecule has 0 bridgehead atoms. The van der Waals surface area contributed by atoms with Gasteiger partial charge in [0.1, 0.15) is 5.84 Å². The number of ether oxygens (including phenoxy) is 1. The van der Waals surface area contributed by atoms with Crippen molar-refractivity contribution in [1.29, 1.82) is 0 Å². The maximum atomic E-state index is 8.67. The van der Waals surface area contributed by atoms with Crippen LogP contribution < -0.4 is 5.73 Å². The van der Waals surface area contributed by atoms with Gasteiger partial charge in [-0.2, -0.15) is 0 Å². The maximum Gasteiger partial charge on any atom is 0.140 e. The predicted octanol–water partition coefficient (Wildman–Crippen LogP) is 1.93. The quantitative estimate of drug-likeness (QED) is 0.354. The molecule has 3 N–H and O–H groups in total. The van der Waals surface area contributed by atoms with E-state index in [9.17, 15) is 0 Å². The molecule has 1 heterocycles. The van der Waals surface area contributed by atoms with E-state index in [1.165, 1.54) is 25.7 Å². The minimum absolute atomic E-state index is 0.146. The zero-order valence-electron chi connectivity index (χ0n) is 12.1. The molecule has 2 fully saturated rings. The van der Waals surface area contributed by atoms with Crippen LogP contribution in [-0.4, -0.2) is 47.3 Å². The van der Waals surface area contributed by atoms with Gasteiger partial charge in [0.25, 0.3) is 0 Å². The summed E-state index contributed by atoms with van der Waals surface area (Å²) in [6.45, 7) is 3.00. The second kappa shape index (κ2) is 6.09. The summed E-state index contributed by atoms with van der Waals surface area (Å²) < 4.78 is 6.07. The summed E-state index contributed by atoms with van der Waals surface area (Å²) in [4.78, 5) is 2.38. The molecule has 0 aromatic rings. The van der Waals surface area contributed by atoms with Crippen LogP contribution >= 0.6 is 0 Å². The second-order valence-electron chi connectivity index (χ2n) is 6.20. The molecule has 19 heavy (non-hydrogen) atoms. The van der Waals surface area contributed by atoms with Crippen LogP contribution in [0.1, 0.15) is 51.9 Å². The Balaban J connectivity index is 1.93. The minimum Gasteiger partial charge on any atom is -0.409 e. The summed E-state index contributed by atoms with van der Waals surface area (Å²) in [7, 11) is 2.15. The fraction of sp³-hybridized carbons (Fsp3) is 0.929. The number of hydrogen-bond donors (Lipinski definition) is 2. The smallest absolute Gasteiger partial charge is 0.140 e. The van der Waals surface area contributed by atoms with Crippen LogP contribution in [0.15, 0.2) is 5.16 Å². The highest BCUT2D eigenvalue weighted by atomic mass is 16.5. The van der Waals surface area contributed by atoms with E-state index in [0.29, 0.717) is 18.3 Å². The molecular formula is C14H27N3O2. The van der Waals surface area contributed by atoms with Crippen molar-refractivity contribution < 1.29 is 9.94 Å². The van der Waals surface area contributed by atoms with Crippen LogP contribution in [0.3, 0.4) is 0 Å². The van der Waals surface area contributed by atoms with Crippen molar-refractivity contribution in [2.24, 2.45) is 10.9 Å². The van der Waals surface area contributed by atoms with Gasteiger partial charge in [-0.3, -0.25) is 0 Å².